The molecule has 2 aromatic heterocycles. The van der Waals surface area contributed by atoms with E-state index in [-0.39, 0.29) is 11.5 Å². The molecule has 1 fully saturated rings. The van der Waals surface area contributed by atoms with Gasteiger partial charge in [-0.25, -0.2) is 4.98 Å². The highest BCUT2D eigenvalue weighted by Crippen LogP contribution is 2.37. The zero-order valence-corrected chi connectivity index (χ0v) is 10.9. The van der Waals surface area contributed by atoms with E-state index in [1.165, 1.54) is 6.42 Å². The maximum absolute atomic E-state index is 6.24. The Morgan fingerprint density at radius 1 is 1.37 bits per heavy atom. The first-order valence-electron chi connectivity index (χ1n) is 6.56. The summed E-state index contributed by atoms with van der Waals surface area (Å²) in [5.74, 6) is 1.09. The van der Waals surface area contributed by atoms with Gasteiger partial charge >= 0.3 is 0 Å². The van der Waals surface area contributed by atoms with Crippen LogP contribution in [0.25, 0.3) is 11.5 Å². The van der Waals surface area contributed by atoms with Gasteiger partial charge in [-0.05, 0) is 19.8 Å². The van der Waals surface area contributed by atoms with Crippen LogP contribution in [0.15, 0.2) is 23.1 Å². The Bertz CT molecular complexity index is 555. The first-order chi connectivity index (χ1) is 9.20. The van der Waals surface area contributed by atoms with E-state index in [0.717, 1.165) is 19.3 Å². The van der Waals surface area contributed by atoms with Gasteiger partial charge in [-0.1, -0.05) is 18.0 Å². The molecule has 0 bridgehead atoms. The van der Waals surface area contributed by atoms with Gasteiger partial charge in [0.25, 0.3) is 0 Å². The fourth-order valence-corrected chi connectivity index (χ4v) is 2.60. The predicted octanol–water partition coefficient (Wildman–Crippen LogP) is 1.69. The molecule has 1 saturated carbocycles. The van der Waals surface area contributed by atoms with Gasteiger partial charge in [0, 0.05) is 18.4 Å². The van der Waals surface area contributed by atoms with E-state index in [0.29, 0.717) is 17.4 Å². The van der Waals surface area contributed by atoms with Crippen molar-refractivity contribution in [2.24, 2.45) is 5.73 Å². The molecule has 2 aromatic rings. The van der Waals surface area contributed by atoms with E-state index in [1.54, 1.807) is 18.6 Å². The van der Waals surface area contributed by atoms with Crippen molar-refractivity contribution in [1.29, 1.82) is 0 Å². The molecule has 0 spiro atoms. The van der Waals surface area contributed by atoms with Gasteiger partial charge in [0.2, 0.25) is 11.7 Å². The molecule has 6 heteroatoms. The number of nitrogens with two attached hydrogens (primary N) is 1. The van der Waals surface area contributed by atoms with Crippen molar-refractivity contribution in [1.82, 2.24) is 20.1 Å². The molecule has 6 nitrogen and oxygen atoms in total. The lowest BCUT2D eigenvalue weighted by atomic mass is 9.72. The number of aromatic nitrogens is 4. The van der Waals surface area contributed by atoms with Gasteiger partial charge in [0.05, 0.1) is 11.6 Å². The highest BCUT2D eigenvalue weighted by molar-refractivity contribution is 5.45. The fraction of sp³-hybridized carbons (Fsp3) is 0.538. The molecule has 0 aromatic carbocycles. The molecule has 1 aliphatic carbocycles. The van der Waals surface area contributed by atoms with E-state index in [1.807, 2.05) is 0 Å². The normalized spacial score (nSPS) is 27.4. The highest BCUT2D eigenvalue weighted by Gasteiger charge is 2.40. The molecule has 2 atom stereocenters. The van der Waals surface area contributed by atoms with Crippen LogP contribution in [0.3, 0.4) is 0 Å². The Hall–Kier alpha value is -1.82. The Morgan fingerprint density at radius 3 is 3.00 bits per heavy atom. The molecule has 100 valence electrons. The van der Waals surface area contributed by atoms with Crippen LogP contribution >= 0.6 is 0 Å². The van der Waals surface area contributed by atoms with E-state index in [4.69, 9.17) is 10.3 Å². The van der Waals surface area contributed by atoms with Gasteiger partial charge < -0.3 is 10.3 Å². The second kappa shape index (κ2) is 4.70. The summed E-state index contributed by atoms with van der Waals surface area (Å²) in [5, 5.41) is 4.00. The standard InChI is InChI=1S/C13H17N5O/c1-13(5-3-2-4-10(13)14)12-17-11(18-19-12)9-8-15-6-7-16-9/h6-8,10H,2-5,14H2,1H3. The fourth-order valence-electron chi connectivity index (χ4n) is 2.60. The van der Waals surface area contributed by atoms with Gasteiger partial charge in [0.15, 0.2) is 0 Å². The maximum atomic E-state index is 6.24. The van der Waals surface area contributed by atoms with Crippen molar-refractivity contribution in [3.8, 4) is 11.5 Å². The molecular formula is C13H17N5O. The number of hydrogen-bond acceptors (Lipinski definition) is 6. The van der Waals surface area contributed by atoms with E-state index in [9.17, 15) is 0 Å². The molecule has 2 N–H and O–H groups in total. The number of nitrogens with zero attached hydrogens (tertiary/aromatic N) is 4. The second-order valence-corrected chi connectivity index (χ2v) is 5.28. The molecule has 2 heterocycles. The van der Waals surface area contributed by atoms with E-state index < -0.39 is 0 Å². The first kappa shape index (κ1) is 12.2. The summed E-state index contributed by atoms with van der Waals surface area (Å²) >= 11 is 0. The Morgan fingerprint density at radius 2 is 2.26 bits per heavy atom. The van der Waals surface area contributed by atoms with Crippen LogP contribution in [-0.2, 0) is 5.41 Å². The summed E-state index contributed by atoms with van der Waals surface area (Å²) in [5.41, 5.74) is 6.62. The third-order valence-electron chi connectivity index (χ3n) is 3.99. The van der Waals surface area contributed by atoms with Crippen LogP contribution in [0.1, 0.15) is 38.5 Å². The lowest BCUT2D eigenvalue weighted by Crippen LogP contribution is -2.45. The summed E-state index contributed by atoms with van der Waals surface area (Å²) < 4.78 is 5.42. The van der Waals surface area contributed by atoms with E-state index >= 15 is 0 Å². The van der Waals surface area contributed by atoms with Crippen molar-refractivity contribution in [3.63, 3.8) is 0 Å². The average molecular weight is 259 g/mol. The van der Waals surface area contributed by atoms with E-state index in [2.05, 4.69) is 27.0 Å². The lowest BCUT2D eigenvalue weighted by molar-refractivity contribution is 0.203. The smallest absolute Gasteiger partial charge is 0.234 e. The maximum Gasteiger partial charge on any atom is 0.234 e. The van der Waals surface area contributed by atoms with Gasteiger partial charge in [0.1, 0.15) is 5.69 Å². The minimum atomic E-state index is -0.230. The van der Waals surface area contributed by atoms with Crippen LogP contribution in [0.2, 0.25) is 0 Å². The third-order valence-corrected chi connectivity index (χ3v) is 3.99. The van der Waals surface area contributed by atoms with Crippen LogP contribution < -0.4 is 5.73 Å². The largest absolute Gasteiger partial charge is 0.338 e. The van der Waals surface area contributed by atoms with Crippen LogP contribution in [0.4, 0.5) is 0 Å². The molecule has 1 aliphatic rings. The quantitative estimate of drug-likeness (QED) is 0.882. The summed E-state index contributed by atoms with van der Waals surface area (Å²) in [4.78, 5) is 12.6. The van der Waals surface area contributed by atoms with Gasteiger partial charge in [-0.3, -0.25) is 4.98 Å². The molecule has 19 heavy (non-hydrogen) atoms. The first-order valence-corrected chi connectivity index (χ1v) is 6.56. The third kappa shape index (κ3) is 2.12. The monoisotopic (exact) mass is 259 g/mol. The lowest BCUT2D eigenvalue weighted by Gasteiger charge is -2.35. The van der Waals surface area contributed by atoms with Crippen molar-refractivity contribution in [2.45, 2.75) is 44.1 Å². The molecule has 0 saturated heterocycles. The van der Waals surface area contributed by atoms with Gasteiger partial charge in [-0.15, -0.1) is 0 Å². The molecule has 0 aliphatic heterocycles. The molecule has 0 radical (unpaired) electrons. The van der Waals surface area contributed by atoms with Crippen molar-refractivity contribution in [2.75, 3.05) is 0 Å². The second-order valence-electron chi connectivity index (χ2n) is 5.28. The summed E-state index contributed by atoms with van der Waals surface area (Å²) in [6, 6.07) is 0.0661. The van der Waals surface area contributed by atoms with Crippen LogP contribution in [-0.4, -0.2) is 26.2 Å². The zero-order chi connectivity index (χ0) is 13.3. The Kier molecular flexibility index (Phi) is 3.02. The summed E-state index contributed by atoms with van der Waals surface area (Å²) in [7, 11) is 0. The highest BCUT2D eigenvalue weighted by atomic mass is 16.5. The van der Waals surface area contributed by atoms with Gasteiger partial charge in [-0.2, -0.15) is 4.98 Å². The minimum absolute atomic E-state index is 0.0661. The number of hydrogen-bond donors (Lipinski definition) is 1. The van der Waals surface area contributed by atoms with Crippen LogP contribution in [0, 0.1) is 0 Å². The predicted molar refractivity (Wildman–Crippen MR) is 69.1 cm³/mol. The topological polar surface area (TPSA) is 90.7 Å². The SMILES string of the molecule is CC1(c2nc(-c3cnccn3)no2)CCCCC1N. The molecule has 3 rings (SSSR count). The zero-order valence-electron chi connectivity index (χ0n) is 10.9. The molecule has 2 unspecified atom stereocenters. The molecular weight excluding hydrogens is 242 g/mol. The van der Waals surface area contributed by atoms with Crippen molar-refractivity contribution < 1.29 is 4.52 Å². The average Bonchev–Trinajstić information content (AvgIpc) is 2.94. The van der Waals surface area contributed by atoms with Crippen LogP contribution in [0.5, 0.6) is 0 Å². The Labute approximate surface area is 111 Å². The number of rotatable bonds is 2. The molecule has 0 amide bonds. The minimum Gasteiger partial charge on any atom is -0.338 e. The van der Waals surface area contributed by atoms with Crippen molar-refractivity contribution in [3.05, 3.63) is 24.5 Å². The van der Waals surface area contributed by atoms with Crippen molar-refractivity contribution >= 4 is 0 Å². The summed E-state index contributed by atoms with van der Waals surface area (Å²) in [6.07, 6.45) is 9.14. The summed E-state index contributed by atoms with van der Waals surface area (Å²) in [6.45, 7) is 2.10. The Balaban J connectivity index is 1.93.